The van der Waals surface area contributed by atoms with Gasteiger partial charge < -0.3 is 5.32 Å². The van der Waals surface area contributed by atoms with Crippen LogP contribution in [0.5, 0.6) is 0 Å². The normalized spacial score (nSPS) is 11.6. The number of thiazole rings is 1. The van der Waals surface area contributed by atoms with Crippen molar-refractivity contribution in [3.63, 3.8) is 0 Å². The lowest BCUT2D eigenvalue weighted by atomic mass is 10.1. The number of sulfone groups is 1. The number of anilines is 1. The van der Waals surface area contributed by atoms with Crippen molar-refractivity contribution in [1.82, 2.24) is 4.98 Å². The summed E-state index contributed by atoms with van der Waals surface area (Å²) in [5.74, 6) is -0.942. The molecule has 1 heterocycles. The van der Waals surface area contributed by atoms with E-state index in [2.05, 4.69) is 10.3 Å². The van der Waals surface area contributed by atoms with Gasteiger partial charge in [-0.1, -0.05) is 30.4 Å². The zero-order valence-corrected chi connectivity index (χ0v) is 16.4. The molecule has 0 fully saturated rings. The Morgan fingerprint density at radius 3 is 2.63 bits per heavy atom. The highest BCUT2D eigenvalue weighted by molar-refractivity contribution is 7.91. The average molecular weight is 407 g/mol. The molecule has 0 unspecified atom stereocenters. The molecule has 1 N–H and O–H groups in total. The zero-order chi connectivity index (χ0) is 19.4. The van der Waals surface area contributed by atoms with Crippen LogP contribution in [0.4, 0.5) is 9.52 Å². The largest absolute Gasteiger partial charge is 0.302 e. The fraction of sp³-hybridized carbons (Fsp3) is 0.263. The molecule has 0 aliphatic rings. The van der Waals surface area contributed by atoms with E-state index in [0.29, 0.717) is 5.13 Å². The first-order chi connectivity index (χ1) is 12.9. The molecule has 0 atom stereocenters. The van der Waals surface area contributed by atoms with Gasteiger partial charge in [0.25, 0.3) is 0 Å². The van der Waals surface area contributed by atoms with E-state index in [0.717, 1.165) is 34.3 Å². The van der Waals surface area contributed by atoms with E-state index < -0.39 is 15.7 Å². The first-order valence-electron chi connectivity index (χ1n) is 8.55. The maximum Gasteiger partial charge on any atom is 0.226 e. The number of fused-ring (bicyclic) bond motifs is 1. The number of rotatable bonds is 7. The summed E-state index contributed by atoms with van der Waals surface area (Å²) >= 11 is 1.40. The van der Waals surface area contributed by atoms with Gasteiger partial charge in [0.2, 0.25) is 5.91 Å². The Bertz CT molecular complexity index is 1060. The Hall–Kier alpha value is -2.32. The molecule has 27 heavy (non-hydrogen) atoms. The molecule has 142 valence electrons. The number of halogens is 1. The molecule has 1 aromatic heterocycles. The average Bonchev–Trinajstić information content (AvgIpc) is 3.04. The molecular weight excluding hydrogens is 387 g/mol. The van der Waals surface area contributed by atoms with Crippen LogP contribution in [0.25, 0.3) is 10.2 Å². The lowest BCUT2D eigenvalue weighted by Gasteiger charge is -2.04. The summed E-state index contributed by atoms with van der Waals surface area (Å²) in [5, 5.41) is 3.25. The van der Waals surface area contributed by atoms with Crippen LogP contribution < -0.4 is 5.32 Å². The molecule has 0 bridgehead atoms. The second-order valence-electron chi connectivity index (χ2n) is 6.06. The van der Waals surface area contributed by atoms with E-state index in [-0.39, 0.29) is 29.4 Å². The van der Waals surface area contributed by atoms with Gasteiger partial charge in [-0.3, -0.25) is 4.79 Å². The number of aryl methyl sites for hydroxylation is 1. The smallest absolute Gasteiger partial charge is 0.226 e. The van der Waals surface area contributed by atoms with Crippen LogP contribution in [-0.2, 0) is 21.1 Å². The third-order valence-corrected chi connectivity index (χ3v) is 6.87. The summed E-state index contributed by atoms with van der Waals surface area (Å²) in [6.45, 7) is 2.05. The maximum absolute atomic E-state index is 12.9. The van der Waals surface area contributed by atoms with Gasteiger partial charge >= 0.3 is 0 Å². The summed E-state index contributed by atoms with van der Waals surface area (Å²) < 4.78 is 38.3. The van der Waals surface area contributed by atoms with Gasteiger partial charge in [0, 0.05) is 6.42 Å². The number of carbonyl (C=O) groups is 1. The summed E-state index contributed by atoms with van der Waals surface area (Å²) in [7, 11) is -3.53. The van der Waals surface area contributed by atoms with Gasteiger partial charge in [-0.15, -0.1) is 0 Å². The Morgan fingerprint density at radius 2 is 1.93 bits per heavy atom. The monoisotopic (exact) mass is 406 g/mol. The van der Waals surface area contributed by atoms with Crippen LogP contribution in [0.3, 0.4) is 0 Å². The number of nitrogens with one attached hydrogen (secondary N) is 1. The van der Waals surface area contributed by atoms with Crippen LogP contribution in [0.2, 0.25) is 0 Å². The maximum atomic E-state index is 12.9. The van der Waals surface area contributed by atoms with Crippen molar-refractivity contribution < 1.29 is 17.6 Å². The lowest BCUT2D eigenvalue weighted by molar-refractivity contribution is -0.116. The molecular formula is C19H19FN2O3S2. The van der Waals surface area contributed by atoms with E-state index in [4.69, 9.17) is 0 Å². The zero-order valence-electron chi connectivity index (χ0n) is 14.7. The lowest BCUT2D eigenvalue weighted by Crippen LogP contribution is -2.14. The molecule has 3 aromatic rings. The molecule has 5 nitrogen and oxygen atoms in total. The van der Waals surface area contributed by atoms with E-state index in [1.54, 1.807) is 0 Å². The van der Waals surface area contributed by atoms with E-state index in [1.807, 2.05) is 25.1 Å². The van der Waals surface area contributed by atoms with Crippen LogP contribution in [0, 0.1) is 5.82 Å². The second-order valence-corrected chi connectivity index (χ2v) is 9.20. The number of benzene rings is 2. The molecule has 0 aliphatic carbocycles. The van der Waals surface area contributed by atoms with Crippen molar-refractivity contribution in [2.75, 3.05) is 11.1 Å². The van der Waals surface area contributed by atoms with Gasteiger partial charge in [-0.05, 0) is 48.7 Å². The first kappa shape index (κ1) is 19.4. The minimum atomic E-state index is -3.53. The van der Waals surface area contributed by atoms with Crippen LogP contribution in [0.15, 0.2) is 47.4 Å². The molecule has 1 amide bonds. The van der Waals surface area contributed by atoms with Crippen molar-refractivity contribution in [3.05, 3.63) is 53.8 Å². The van der Waals surface area contributed by atoms with Crippen LogP contribution in [-0.4, -0.2) is 25.1 Å². The molecule has 0 saturated carbocycles. The van der Waals surface area contributed by atoms with Crippen molar-refractivity contribution >= 4 is 42.4 Å². The SMILES string of the molecule is CCc1cccc2sc(NC(=O)CCCS(=O)(=O)c3ccc(F)cc3)nc12. The van der Waals surface area contributed by atoms with Crippen LogP contribution in [0.1, 0.15) is 25.3 Å². The highest BCUT2D eigenvalue weighted by Gasteiger charge is 2.16. The fourth-order valence-electron chi connectivity index (χ4n) is 2.71. The number of carbonyl (C=O) groups excluding carboxylic acids is 1. The van der Waals surface area contributed by atoms with E-state index >= 15 is 0 Å². The quantitative estimate of drug-likeness (QED) is 0.597. The molecule has 3 rings (SSSR count). The summed E-state index contributed by atoms with van der Waals surface area (Å²) in [4.78, 5) is 16.6. The summed E-state index contributed by atoms with van der Waals surface area (Å²) in [6, 6.07) is 10.6. The molecule has 2 aromatic carbocycles. The highest BCUT2D eigenvalue weighted by atomic mass is 32.2. The first-order valence-corrected chi connectivity index (χ1v) is 11.0. The Balaban J connectivity index is 1.58. The van der Waals surface area contributed by atoms with Gasteiger partial charge in [0.15, 0.2) is 15.0 Å². The number of aromatic nitrogens is 1. The minimum Gasteiger partial charge on any atom is -0.302 e. The van der Waals surface area contributed by atoms with Crippen molar-refractivity contribution in [2.24, 2.45) is 0 Å². The number of nitrogens with zero attached hydrogens (tertiary/aromatic N) is 1. The van der Waals surface area contributed by atoms with Gasteiger partial charge in [0.05, 0.1) is 20.9 Å². The number of para-hydroxylation sites is 1. The fourth-order valence-corrected chi connectivity index (χ4v) is 4.95. The molecule has 8 heteroatoms. The van der Waals surface area contributed by atoms with Gasteiger partial charge in [0.1, 0.15) is 5.82 Å². The molecule has 0 spiro atoms. The predicted molar refractivity (Wildman–Crippen MR) is 105 cm³/mol. The highest BCUT2D eigenvalue weighted by Crippen LogP contribution is 2.28. The Morgan fingerprint density at radius 1 is 1.19 bits per heavy atom. The topological polar surface area (TPSA) is 76.1 Å². The molecule has 0 saturated heterocycles. The van der Waals surface area contributed by atoms with Gasteiger partial charge in [-0.2, -0.15) is 0 Å². The van der Waals surface area contributed by atoms with Crippen molar-refractivity contribution in [3.8, 4) is 0 Å². The summed E-state index contributed by atoms with van der Waals surface area (Å²) in [5.41, 5.74) is 2.01. The predicted octanol–water partition coefficient (Wildman–Crippen LogP) is 4.19. The molecule has 0 aliphatic heterocycles. The molecule has 0 radical (unpaired) electrons. The third-order valence-electron chi connectivity index (χ3n) is 4.12. The van der Waals surface area contributed by atoms with Gasteiger partial charge in [-0.25, -0.2) is 17.8 Å². The number of hydrogen-bond acceptors (Lipinski definition) is 5. The second kappa shape index (κ2) is 8.14. The summed E-state index contributed by atoms with van der Waals surface area (Å²) in [6.07, 6.45) is 1.10. The van der Waals surface area contributed by atoms with E-state index in [1.165, 1.54) is 23.5 Å². The van der Waals surface area contributed by atoms with E-state index in [9.17, 15) is 17.6 Å². The minimum absolute atomic E-state index is 0.0579. The van der Waals surface area contributed by atoms with Crippen molar-refractivity contribution in [2.45, 2.75) is 31.1 Å². The third kappa shape index (κ3) is 4.70. The Labute approximate surface area is 161 Å². The standard InChI is InChI=1S/C19H19FN2O3S2/c1-2-13-5-3-6-16-18(13)22-19(26-16)21-17(23)7-4-12-27(24,25)15-10-8-14(20)9-11-15/h3,5-6,8-11H,2,4,7,12H2,1H3,(H,21,22,23). The number of amides is 1. The van der Waals surface area contributed by atoms with Crippen LogP contribution >= 0.6 is 11.3 Å². The Kier molecular flexibility index (Phi) is 5.86. The van der Waals surface area contributed by atoms with Crippen molar-refractivity contribution in [1.29, 1.82) is 0 Å². The number of hydrogen-bond donors (Lipinski definition) is 1.